The van der Waals surface area contributed by atoms with Crippen molar-refractivity contribution in [2.45, 2.75) is 13.0 Å². The lowest BCUT2D eigenvalue weighted by Gasteiger charge is -2.15. The first-order chi connectivity index (χ1) is 8.61. The molecule has 4 nitrogen and oxygen atoms in total. The lowest BCUT2D eigenvalue weighted by atomic mass is 10.2. The van der Waals surface area contributed by atoms with Gasteiger partial charge in [-0.05, 0) is 30.7 Å². The van der Waals surface area contributed by atoms with E-state index in [-0.39, 0.29) is 19.1 Å². The lowest BCUT2D eigenvalue weighted by Crippen LogP contribution is -2.34. The second kappa shape index (κ2) is 8.32. The molecule has 0 aromatic heterocycles. The van der Waals surface area contributed by atoms with Gasteiger partial charge in [0.05, 0.1) is 0 Å². The third kappa shape index (κ3) is 6.21. The van der Waals surface area contributed by atoms with Gasteiger partial charge in [0, 0.05) is 18.2 Å². The van der Waals surface area contributed by atoms with E-state index in [1.165, 1.54) is 0 Å². The summed E-state index contributed by atoms with van der Waals surface area (Å²) in [6.45, 7) is 3.39. The van der Waals surface area contributed by atoms with E-state index in [1.54, 1.807) is 24.3 Å². The molecule has 0 saturated carbocycles. The Kier molecular flexibility index (Phi) is 7.05. The highest BCUT2D eigenvalue weighted by Crippen LogP contribution is 2.17. The molecule has 0 aliphatic rings. The van der Waals surface area contributed by atoms with Gasteiger partial charge in [-0.2, -0.15) is 0 Å². The number of ether oxygens (including phenoxy) is 1. The van der Waals surface area contributed by atoms with E-state index in [0.29, 0.717) is 23.9 Å². The van der Waals surface area contributed by atoms with Gasteiger partial charge < -0.3 is 20.3 Å². The molecular weight excluding hydrogens is 254 g/mol. The Morgan fingerprint density at radius 2 is 2.17 bits per heavy atom. The predicted molar refractivity (Wildman–Crippen MR) is 72.1 cm³/mol. The van der Waals surface area contributed by atoms with Crippen LogP contribution in [0.15, 0.2) is 24.3 Å². The molecule has 0 aliphatic heterocycles. The van der Waals surface area contributed by atoms with Crippen LogP contribution in [0.25, 0.3) is 0 Å². The summed E-state index contributed by atoms with van der Waals surface area (Å²) >= 11 is 5.82. The fourth-order valence-electron chi connectivity index (χ4n) is 1.37. The normalized spacial score (nSPS) is 14.2. The molecule has 5 heteroatoms. The van der Waals surface area contributed by atoms with Crippen LogP contribution < -0.4 is 10.1 Å². The molecule has 1 aromatic carbocycles. The number of halogens is 1. The molecule has 102 valence electrons. The fraction of sp³-hybridized carbons (Fsp3) is 0.538. The molecule has 0 fully saturated rings. The van der Waals surface area contributed by atoms with Crippen LogP contribution in [0.3, 0.4) is 0 Å². The predicted octanol–water partition coefficient (Wildman–Crippen LogP) is 1.30. The van der Waals surface area contributed by atoms with Crippen LogP contribution in [0.1, 0.15) is 6.92 Å². The molecule has 0 radical (unpaired) electrons. The lowest BCUT2D eigenvalue weighted by molar-refractivity contribution is 0.104. The molecule has 0 aliphatic carbocycles. The van der Waals surface area contributed by atoms with Crippen molar-refractivity contribution in [3.8, 4) is 5.75 Å². The highest BCUT2D eigenvalue weighted by Gasteiger charge is 2.06. The van der Waals surface area contributed by atoms with E-state index >= 15 is 0 Å². The van der Waals surface area contributed by atoms with Crippen molar-refractivity contribution in [2.75, 3.05) is 26.3 Å². The standard InChI is InChI=1S/C13H20ClNO3/c1-10(8-16)6-15-7-12(17)9-18-13-4-2-3-11(14)5-13/h2-5,10,12,15-17H,6-9H2,1H3. The van der Waals surface area contributed by atoms with Crippen LogP contribution in [0.5, 0.6) is 5.75 Å². The van der Waals surface area contributed by atoms with Gasteiger partial charge in [-0.15, -0.1) is 0 Å². The maximum Gasteiger partial charge on any atom is 0.120 e. The van der Waals surface area contributed by atoms with Crippen LogP contribution in [0.4, 0.5) is 0 Å². The highest BCUT2D eigenvalue weighted by molar-refractivity contribution is 6.30. The molecule has 2 atom stereocenters. The number of hydrogen-bond donors (Lipinski definition) is 3. The average molecular weight is 274 g/mol. The Morgan fingerprint density at radius 1 is 1.39 bits per heavy atom. The summed E-state index contributed by atoms with van der Waals surface area (Å²) in [6, 6.07) is 7.06. The van der Waals surface area contributed by atoms with Crippen molar-refractivity contribution in [3.63, 3.8) is 0 Å². The van der Waals surface area contributed by atoms with Crippen molar-refractivity contribution in [1.29, 1.82) is 0 Å². The topological polar surface area (TPSA) is 61.7 Å². The Labute approximate surface area is 113 Å². The average Bonchev–Trinajstić information content (AvgIpc) is 2.36. The highest BCUT2D eigenvalue weighted by atomic mass is 35.5. The van der Waals surface area contributed by atoms with Gasteiger partial charge in [0.1, 0.15) is 18.5 Å². The number of aliphatic hydroxyl groups excluding tert-OH is 2. The van der Waals surface area contributed by atoms with Gasteiger partial charge in [-0.25, -0.2) is 0 Å². The van der Waals surface area contributed by atoms with E-state index in [9.17, 15) is 5.11 Å². The summed E-state index contributed by atoms with van der Waals surface area (Å²) < 4.78 is 5.41. The largest absolute Gasteiger partial charge is 0.491 e. The molecular formula is C13H20ClNO3. The van der Waals surface area contributed by atoms with Crippen LogP contribution in [-0.2, 0) is 0 Å². The second-order valence-corrected chi connectivity index (χ2v) is 4.80. The molecule has 0 bridgehead atoms. The van der Waals surface area contributed by atoms with E-state index in [0.717, 1.165) is 0 Å². The molecule has 1 aromatic rings. The first-order valence-corrected chi connectivity index (χ1v) is 6.37. The van der Waals surface area contributed by atoms with Gasteiger partial charge in [-0.1, -0.05) is 24.6 Å². The molecule has 3 N–H and O–H groups in total. The third-order valence-corrected chi connectivity index (χ3v) is 2.66. The van der Waals surface area contributed by atoms with Crippen molar-refractivity contribution < 1.29 is 14.9 Å². The minimum Gasteiger partial charge on any atom is -0.491 e. The molecule has 0 saturated heterocycles. The molecule has 18 heavy (non-hydrogen) atoms. The van der Waals surface area contributed by atoms with Crippen LogP contribution in [0.2, 0.25) is 5.02 Å². The maximum absolute atomic E-state index is 9.68. The summed E-state index contributed by atoms with van der Waals surface area (Å²) in [7, 11) is 0. The van der Waals surface area contributed by atoms with Crippen LogP contribution in [-0.4, -0.2) is 42.6 Å². The first kappa shape index (κ1) is 15.2. The third-order valence-electron chi connectivity index (χ3n) is 2.42. The monoisotopic (exact) mass is 273 g/mol. The first-order valence-electron chi connectivity index (χ1n) is 6.00. The van der Waals surface area contributed by atoms with Gasteiger partial charge in [0.2, 0.25) is 0 Å². The Morgan fingerprint density at radius 3 is 2.83 bits per heavy atom. The van der Waals surface area contributed by atoms with E-state index in [4.69, 9.17) is 21.4 Å². The number of hydrogen-bond acceptors (Lipinski definition) is 4. The van der Waals surface area contributed by atoms with Crippen molar-refractivity contribution in [1.82, 2.24) is 5.32 Å². The summed E-state index contributed by atoms with van der Waals surface area (Å²) in [5, 5.41) is 22.2. The number of nitrogens with one attached hydrogen (secondary N) is 1. The Bertz CT molecular complexity index is 349. The minimum atomic E-state index is -0.588. The van der Waals surface area contributed by atoms with Crippen molar-refractivity contribution in [2.24, 2.45) is 5.92 Å². The van der Waals surface area contributed by atoms with E-state index in [1.807, 2.05) is 6.92 Å². The van der Waals surface area contributed by atoms with Crippen molar-refractivity contribution in [3.05, 3.63) is 29.3 Å². The Balaban J connectivity index is 2.19. The second-order valence-electron chi connectivity index (χ2n) is 4.37. The molecule has 0 heterocycles. The minimum absolute atomic E-state index is 0.141. The number of benzene rings is 1. The van der Waals surface area contributed by atoms with E-state index in [2.05, 4.69) is 5.32 Å². The number of aliphatic hydroxyl groups is 2. The SMILES string of the molecule is CC(CO)CNCC(O)COc1cccc(Cl)c1. The number of rotatable bonds is 8. The zero-order chi connectivity index (χ0) is 13.4. The van der Waals surface area contributed by atoms with Crippen LogP contribution in [0, 0.1) is 5.92 Å². The maximum atomic E-state index is 9.68. The van der Waals surface area contributed by atoms with Gasteiger partial charge in [-0.3, -0.25) is 0 Å². The fourth-order valence-corrected chi connectivity index (χ4v) is 1.55. The van der Waals surface area contributed by atoms with Crippen LogP contribution >= 0.6 is 11.6 Å². The summed E-state index contributed by atoms with van der Waals surface area (Å²) in [5.74, 6) is 0.830. The summed E-state index contributed by atoms with van der Waals surface area (Å²) in [6.07, 6.45) is -0.588. The smallest absolute Gasteiger partial charge is 0.120 e. The summed E-state index contributed by atoms with van der Waals surface area (Å²) in [5.41, 5.74) is 0. The van der Waals surface area contributed by atoms with Crippen molar-refractivity contribution >= 4 is 11.6 Å². The molecule has 2 unspecified atom stereocenters. The zero-order valence-electron chi connectivity index (χ0n) is 10.5. The quantitative estimate of drug-likeness (QED) is 0.668. The van der Waals surface area contributed by atoms with Gasteiger partial charge >= 0.3 is 0 Å². The van der Waals surface area contributed by atoms with Gasteiger partial charge in [0.15, 0.2) is 0 Å². The molecule has 0 spiro atoms. The van der Waals surface area contributed by atoms with Gasteiger partial charge in [0.25, 0.3) is 0 Å². The molecule has 0 amide bonds. The summed E-state index contributed by atoms with van der Waals surface area (Å²) in [4.78, 5) is 0. The zero-order valence-corrected chi connectivity index (χ0v) is 11.2. The Hall–Kier alpha value is -0.810. The molecule has 1 rings (SSSR count). The van der Waals surface area contributed by atoms with E-state index < -0.39 is 6.10 Å².